The minimum Gasteiger partial charge on any atom is -0.449 e. The van der Waals surface area contributed by atoms with E-state index in [9.17, 15) is 22.4 Å². The number of esters is 1. The second-order valence-electron chi connectivity index (χ2n) is 6.83. The molecule has 0 saturated carbocycles. The van der Waals surface area contributed by atoms with E-state index >= 15 is 0 Å². The number of amides is 1. The first kappa shape index (κ1) is 20.8. The van der Waals surface area contributed by atoms with E-state index < -0.39 is 33.8 Å². The molecule has 1 amide bonds. The van der Waals surface area contributed by atoms with Gasteiger partial charge in [-0.1, -0.05) is 0 Å². The summed E-state index contributed by atoms with van der Waals surface area (Å²) in [4.78, 5) is 24.6. The number of rotatable bonds is 5. The number of ether oxygens (including phenoxy) is 1. The number of aryl methyl sites for hydroxylation is 1. The van der Waals surface area contributed by atoms with Crippen molar-refractivity contribution in [2.45, 2.75) is 25.9 Å². The van der Waals surface area contributed by atoms with Crippen molar-refractivity contribution in [1.82, 2.24) is 0 Å². The Morgan fingerprint density at radius 1 is 1.17 bits per heavy atom. The number of hydrogen-bond acceptors (Lipinski definition) is 5. The first-order valence-corrected chi connectivity index (χ1v) is 10.9. The first-order chi connectivity index (χ1) is 13.6. The second-order valence-corrected chi connectivity index (χ2v) is 8.73. The molecule has 2 aromatic rings. The molecule has 154 valence electrons. The number of fused-ring (bicyclic) bond motifs is 1. The summed E-state index contributed by atoms with van der Waals surface area (Å²) in [5.74, 6) is -1.67. The monoisotopic (exact) mass is 420 g/mol. The van der Waals surface area contributed by atoms with Gasteiger partial charge >= 0.3 is 5.97 Å². The van der Waals surface area contributed by atoms with E-state index in [0.717, 1.165) is 11.8 Å². The lowest BCUT2D eigenvalue weighted by molar-refractivity contribution is -0.123. The highest BCUT2D eigenvalue weighted by atomic mass is 32.2. The van der Waals surface area contributed by atoms with Crippen molar-refractivity contribution in [3.05, 3.63) is 59.4 Å². The fourth-order valence-electron chi connectivity index (χ4n) is 3.09. The number of carbonyl (C=O) groups is 2. The lowest BCUT2D eigenvalue weighted by Gasteiger charge is -2.29. The quantitative estimate of drug-likeness (QED) is 0.751. The molecule has 0 radical (unpaired) electrons. The SMILES string of the molecule is C[C@@H](OC(=O)c1ccc2c(c1)CCCN2S(C)(=O)=O)C(=O)Nc1ccc(F)cc1. The maximum absolute atomic E-state index is 12.9. The van der Waals surface area contributed by atoms with E-state index in [4.69, 9.17) is 4.74 Å². The van der Waals surface area contributed by atoms with Crippen molar-refractivity contribution in [3.8, 4) is 0 Å². The Hall–Kier alpha value is -2.94. The van der Waals surface area contributed by atoms with Crippen LogP contribution in [-0.4, -0.2) is 39.2 Å². The largest absolute Gasteiger partial charge is 0.449 e. The third kappa shape index (κ3) is 4.92. The zero-order chi connectivity index (χ0) is 21.2. The standard InChI is InChI=1S/C20H21FN2O5S/c1-13(19(24)22-17-8-6-16(21)7-9-17)28-20(25)15-5-10-18-14(12-15)4-3-11-23(18)29(2,26)27/h5-10,12-13H,3-4,11H2,1-2H3,(H,22,24)/t13-/m1/s1. The summed E-state index contributed by atoms with van der Waals surface area (Å²) in [5.41, 5.74) is 1.91. The molecule has 0 aromatic heterocycles. The summed E-state index contributed by atoms with van der Waals surface area (Å²) >= 11 is 0. The van der Waals surface area contributed by atoms with Crippen molar-refractivity contribution in [2.75, 3.05) is 22.4 Å². The molecule has 0 aliphatic carbocycles. The van der Waals surface area contributed by atoms with E-state index in [2.05, 4.69) is 5.32 Å². The third-order valence-electron chi connectivity index (χ3n) is 4.56. The minimum absolute atomic E-state index is 0.237. The molecular weight excluding hydrogens is 399 g/mol. The molecule has 2 aromatic carbocycles. The Morgan fingerprint density at radius 3 is 2.52 bits per heavy atom. The maximum Gasteiger partial charge on any atom is 0.338 e. The topological polar surface area (TPSA) is 92.8 Å². The minimum atomic E-state index is -3.39. The average Bonchev–Trinajstić information content (AvgIpc) is 2.67. The van der Waals surface area contributed by atoms with Crippen LogP contribution in [-0.2, 0) is 26.0 Å². The zero-order valence-electron chi connectivity index (χ0n) is 16.0. The Bertz CT molecular complexity index is 1040. The number of benzene rings is 2. The number of hydrogen-bond donors (Lipinski definition) is 1. The molecule has 3 rings (SSSR count). The van der Waals surface area contributed by atoms with Crippen molar-refractivity contribution in [1.29, 1.82) is 0 Å². The summed E-state index contributed by atoms with van der Waals surface area (Å²) in [6.45, 7) is 1.83. The molecule has 0 spiro atoms. The molecular formula is C20H21FN2O5S. The molecule has 0 unspecified atom stereocenters. The molecule has 1 N–H and O–H groups in total. The Balaban J connectivity index is 1.69. The molecule has 0 saturated heterocycles. The second kappa shape index (κ2) is 8.20. The summed E-state index contributed by atoms with van der Waals surface area (Å²) in [6.07, 6.45) is 1.36. The highest BCUT2D eigenvalue weighted by molar-refractivity contribution is 7.92. The summed E-state index contributed by atoms with van der Waals surface area (Å²) in [6, 6.07) is 9.88. The van der Waals surface area contributed by atoms with Gasteiger partial charge in [0.15, 0.2) is 6.10 Å². The van der Waals surface area contributed by atoms with Crippen LogP contribution in [0.25, 0.3) is 0 Å². The highest BCUT2D eigenvalue weighted by Gasteiger charge is 2.26. The average molecular weight is 420 g/mol. The van der Waals surface area contributed by atoms with Gasteiger partial charge in [-0.3, -0.25) is 9.10 Å². The van der Waals surface area contributed by atoms with E-state index in [0.29, 0.717) is 30.8 Å². The normalized spacial score (nSPS) is 14.7. The van der Waals surface area contributed by atoms with Gasteiger partial charge in [-0.2, -0.15) is 0 Å². The van der Waals surface area contributed by atoms with Gasteiger partial charge in [-0.25, -0.2) is 17.6 Å². The Morgan fingerprint density at radius 2 is 1.86 bits per heavy atom. The third-order valence-corrected chi connectivity index (χ3v) is 5.74. The van der Waals surface area contributed by atoms with E-state index in [1.807, 2.05) is 0 Å². The zero-order valence-corrected chi connectivity index (χ0v) is 16.8. The predicted octanol–water partition coefficient (Wildman–Crippen LogP) is 2.72. The van der Waals surface area contributed by atoms with Crippen LogP contribution in [0.2, 0.25) is 0 Å². The van der Waals surface area contributed by atoms with Crippen molar-refractivity contribution in [3.63, 3.8) is 0 Å². The molecule has 9 heteroatoms. The Labute approximate surface area is 168 Å². The summed E-state index contributed by atoms with van der Waals surface area (Å²) in [7, 11) is -3.39. The van der Waals surface area contributed by atoms with Gasteiger partial charge in [0.05, 0.1) is 17.5 Å². The van der Waals surface area contributed by atoms with Crippen molar-refractivity contribution >= 4 is 33.3 Å². The van der Waals surface area contributed by atoms with Crippen molar-refractivity contribution in [2.24, 2.45) is 0 Å². The fraction of sp³-hybridized carbons (Fsp3) is 0.300. The van der Waals surface area contributed by atoms with Crippen LogP contribution < -0.4 is 9.62 Å². The number of nitrogens with zero attached hydrogens (tertiary/aromatic N) is 1. The van der Waals surface area contributed by atoms with Gasteiger partial charge in [-0.05, 0) is 67.8 Å². The number of halogens is 1. The molecule has 1 heterocycles. The van der Waals surface area contributed by atoms with Gasteiger partial charge in [0.2, 0.25) is 10.0 Å². The van der Waals surface area contributed by atoms with E-state index in [1.165, 1.54) is 41.6 Å². The van der Waals surface area contributed by atoms with Gasteiger partial charge < -0.3 is 10.1 Å². The van der Waals surface area contributed by atoms with Crippen LogP contribution in [0, 0.1) is 5.82 Å². The first-order valence-electron chi connectivity index (χ1n) is 9.03. The van der Waals surface area contributed by atoms with E-state index in [-0.39, 0.29) is 5.56 Å². The lowest BCUT2D eigenvalue weighted by atomic mass is 10.0. The molecule has 1 aliphatic heterocycles. The van der Waals surface area contributed by atoms with E-state index in [1.54, 1.807) is 12.1 Å². The predicted molar refractivity (Wildman–Crippen MR) is 107 cm³/mol. The lowest BCUT2D eigenvalue weighted by Crippen LogP contribution is -2.34. The maximum atomic E-state index is 12.9. The number of anilines is 2. The highest BCUT2D eigenvalue weighted by Crippen LogP contribution is 2.30. The molecule has 0 bridgehead atoms. The number of sulfonamides is 1. The summed E-state index contributed by atoms with van der Waals surface area (Å²) < 4.78 is 43.3. The van der Waals surface area contributed by atoms with Gasteiger partial charge in [0.1, 0.15) is 5.82 Å². The summed E-state index contributed by atoms with van der Waals surface area (Å²) in [5, 5.41) is 2.54. The van der Waals surface area contributed by atoms with Gasteiger partial charge in [0.25, 0.3) is 5.91 Å². The smallest absolute Gasteiger partial charge is 0.338 e. The number of carbonyl (C=O) groups excluding carboxylic acids is 2. The van der Waals surface area contributed by atoms with Crippen molar-refractivity contribution < 1.29 is 27.1 Å². The molecule has 0 fully saturated rings. The number of nitrogens with one attached hydrogen (secondary N) is 1. The van der Waals surface area contributed by atoms with Crippen LogP contribution >= 0.6 is 0 Å². The van der Waals surface area contributed by atoms with Crippen LogP contribution in [0.4, 0.5) is 15.8 Å². The molecule has 7 nitrogen and oxygen atoms in total. The van der Waals surface area contributed by atoms with Crippen LogP contribution in [0.15, 0.2) is 42.5 Å². The van der Waals surface area contributed by atoms with Crippen LogP contribution in [0.1, 0.15) is 29.3 Å². The molecule has 29 heavy (non-hydrogen) atoms. The van der Waals surface area contributed by atoms with Crippen LogP contribution in [0.3, 0.4) is 0 Å². The molecule has 1 atom stereocenters. The molecule has 1 aliphatic rings. The van der Waals surface area contributed by atoms with Gasteiger partial charge in [0, 0.05) is 12.2 Å². The van der Waals surface area contributed by atoms with Crippen LogP contribution in [0.5, 0.6) is 0 Å². The van der Waals surface area contributed by atoms with Gasteiger partial charge in [-0.15, -0.1) is 0 Å². The Kier molecular flexibility index (Phi) is 5.88. The fourth-order valence-corrected chi connectivity index (χ4v) is 4.09.